The van der Waals surface area contributed by atoms with Gasteiger partial charge in [0.25, 0.3) is 0 Å². The van der Waals surface area contributed by atoms with Crippen LogP contribution >= 0.6 is 0 Å². The van der Waals surface area contributed by atoms with E-state index in [2.05, 4.69) is 37.2 Å². The Kier molecular flexibility index (Phi) is 1.38. The second-order valence-electron chi connectivity index (χ2n) is 2.08. The van der Waals surface area contributed by atoms with Crippen LogP contribution in [-0.2, 0) is 0 Å². The summed E-state index contributed by atoms with van der Waals surface area (Å²) >= 11 is 0. The average Bonchev–Trinajstić information content (AvgIpc) is 1.77. The van der Waals surface area contributed by atoms with Crippen molar-refractivity contribution >= 4 is 0 Å². The molecule has 0 unspecified atom stereocenters. The van der Waals surface area contributed by atoms with Crippen molar-refractivity contribution in [2.45, 2.75) is 13.3 Å². The van der Waals surface area contributed by atoms with Crippen molar-refractivity contribution in [3.8, 4) is 0 Å². The minimum absolute atomic E-state index is 1.09. The van der Waals surface area contributed by atoms with Crippen LogP contribution in [0.5, 0.6) is 0 Å². The summed E-state index contributed by atoms with van der Waals surface area (Å²) in [6.45, 7) is 2.11. The third kappa shape index (κ3) is 0.915. The van der Waals surface area contributed by atoms with E-state index in [1.54, 1.807) is 0 Å². The second kappa shape index (κ2) is 2.03. The Morgan fingerprint density at radius 1 is 1.62 bits per heavy atom. The SMILES string of the molecule is CC1=CCC=CN1C. The van der Waals surface area contributed by atoms with E-state index in [4.69, 9.17) is 0 Å². The first-order valence-electron chi connectivity index (χ1n) is 2.87. The van der Waals surface area contributed by atoms with E-state index >= 15 is 0 Å². The van der Waals surface area contributed by atoms with E-state index in [1.807, 2.05) is 0 Å². The standard InChI is InChI=1S/C7H11N/c1-7-5-3-4-6-8(7)2/h4-6H,3H2,1-2H3. The zero-order chi connectivity index (χ0) is 5.98. The molecule has 0 aromatic heterocycles. The minimum Gasteiger partial charge on any atom is -0.355 e. The molecule has 0 atom stereocenters. The molecular weight excluding hydrogens is 98.1 g/mol. The first-order valence-corrected chi connectivity index (χ1v) is 2.87. The molecule has 0 amide bonds. The zero-order valence-corrected chi connectivity index (χ0v) is 5.39. The van der Waals surface area contributed by atoms with Crippen molar-refractivity contribution in [3.63, 3.8) is 0 Å². The van der Waals surface area contributed by atoms with Gasteiger partial charge >= 0.3 is 0 Å². The average molecular weight is 109 g/mol. The van der Waals surface area contributed by atoms with Crippen LogP contribution < -0.4 is 0 Å². The van der Waals surface area contributed by atoms with Gasteiger partial charge in [-0.1, -0.05) is 12.2 Å². The summed E-state index contributed by atoms with van der Waals surface area (Å²) < 4.78 is 0. The molecular formula is C7H11N. The highest BCUT2D eigenvalue weighted by Gasteiger charge is 1.95. The molecule has 0 bridgehead atoms. The normalized spacial score (nSPS) is 18.8. The Bertz CT molecular complexity index is 133. The Hall–Kier alpha value is -0.720. The maximum atomic E-state index is 2.21. The maximum absolute atomic E-state index is 2.21. The molecule has 1 heteroatoms. The summed E-state index contributed by atoms with van der Waals surface area (Å²) in [6, 6.07) is 0. The molecule has 0 N–H and O–H groups in total. The molecule has 0 saturated carbocycles. The molecule has 1 heterocycles. The summed E-state index contributed by atoms with van der Waals surface area (Å²) in [7, 11) is 2.06. The minimum atomic E-state index is 1.09. The highest BCUT2D eigenvalue weighted by molar-refractivity contribution is 5.09. The summed E-state index contributed by atoms with van der Waals surface area (Å²) in [6.07, 6.45) is 7.54. The van der Waals surface area contributed by atoms with Crippen LogP contribution in [0.4, 0.5) is 0 Å². The fourth-order valence-electron chi connectivity index (χ4n) is 0.719. The molecule has 0 aliphatic carbocycles. The number of rotatable bonds is 0. The quantitative estimate of drug-likeness (QED) is 0.458. The first-order chi connectivity index (χ1) is 3.80. The van der Waals surface area contributed by atoms with Gasteiger partial charge in [0.2, 0.25) is 0 Å². The predicted octanol–water partition coefficient (Wildman–Crippen LogP) is 1.74. The van der Waals surface area contributed by atoms with Gasteiger partial charge in [-0.25, -0.2) is 0 Å². The van der Waals surface area contributed by atoms with Crippen LogP contribution in [-0.4, -0.2) is 11.9 Å². The van der Waals surface area contributed by atoms with E-state index in [1.165, 1.54) is 5.70 Å². The van der Waals surface area contributed by atoms with Gasteiger partial charge in [-0.3, -0.25) is 0 Å². The van der Waals surface area contributed by atoms with Crippen molar-refractivity contribution in [3.05, 3.63) is 24.0 Å². The van der Waals surface area contributed by atoms with Crippen LogP contribution in [0.2, 0.25) is 0 Å². The van der Waals surface area contributed by atoms with Crippen molar-refractivity contribution in [1.29, 1.82) is 0 Å². The Morgan fingerprint density at radius 2 is 2.38 bits per heavy atom. The molecule has 1 rings (SSSR count). The second-order valence-corrected chi connectivity index (χ2v) is 2.08. The maximum Gasteiger partial charge on any atom is 0.0108 e. The van der Waals surface area contributed by atoms with Gasteiger partial charge in [-0.15, -0.1) is 0 Å². The van der Waals surface area contributed by atoms with Crippen molar-refractivity contribution < 1.29 is 0 Å². The van der Waals surface area contributed by atoms with Gasteiger partial charge in [0.05, 0.1) is 0 Å². The van der Waals surface area contributed by atoms with E-state index < -0.39 is 0 Å². The lowest BCUT2D eigenvalue weighted by Crippen LogP contribution is -2.09. The van der Waals surface area contributed by atoms with E-state index in [0.29, 0.717) is 0 Å². The van der Waals surface area contributed by atoms with Crippen LogP contribution in [0.25, 0.3) is 0 Å². The van der Waals surface area contributed by atoms with Gasteiger partial charge in [0.15, 0.2) is 0 Å². The molecule has 1 aliphatic heterocycles. The number of nitrogens with zero attached hydrogens (tertiary/aromatic N) is 1. The lowest BCUT2D eigenvalue weighted by Gasteiger charge is -2.16. The summed E-state index contributed by atoms with van der Waals surface area (Å²) in [4.78, 5) is 2.11. The first kappa shape index (κ1) is 5.42. The Labute approximate surface area is 50.3 Å². The van der Waals surface area contributed by atoms with Crippen LogP contribution in [0, 0.1) is 0 Å². The van der Waals surface area contributed by atoms with Crippen LogP contribution in [0.15, 0.2) is 24.0 Å². The highest BCUT2D eigenvalue weighted by Crippen LogP contribution is 2.07. The van der Waals surface area contributed by atoms with Gasteiger partial charge in [0.1, 0.15) is 0 Å². The van der Waals surface area contributed by atoms with Crippen LogP contribution in [0.1, 0.15) is 13.3 Å². The number of hydrogen-bond acceptors (Lipinski definition) is 1. The number of allylic oxidation sites excluding steroid dienone is 3. The molecule has 1 nitrogen and oxygen atoms in total. The molecule has 44 valence electrons. The monoisotopic (exact) mass is 109 g/mol. The molecule has 0 radical (unpaired) electrons. The molecule has 0 fully saturated rings. The fourth-order valence-corrected chi connectivity index (χ4v) is 0.719. The molecule has 0 aromatic rings. The lowest BCUT2D eigenvalue weighted by atomic mass is 10.2. The lowest BCUT2D eigenvalue weighted by molar-refractivity contribution is 0.557. The van der Waals surface area contributed by atoms with E-state index in [9.17, 15) is 0 Å². The Morgan fingerprint density at radius 3 is 2.75 bits per heavy atom. The summed E-state index contributed by atoms with van der Waals surface area (Å²) in [5.74, 6) is 0. The van der Waals surface area contributed by atoms with E-state index in [0.717, 1.165) is 6.42 Å². The third-order valence-corrected chi connectivity index (χ3v) is 1.43. The Balaban J connectivity index is 2.63. The van der Waals surface area contributed by atoms with Crippen molar-refractivity contribution in [1.82, 2.24) is 4.90 Å². The molecule has 0 spiro atoms. The summed E-state index contributed by atoms with van der Waals surface area (Å²) in [5, 5.41) is 0. The number of hydrogen-bond donors (Lipinski definition) is 0. The molecule has 8 heavy (non-hydrogen) atoms. The van der Waals surface area contributed by atoms with E-state index in [-0.39, 0.29) is 0 Å². The smallest absolute Gasteiger partial charge is 0.0108 e. The predicted molar refractivity (Wildman–Crippen MR) is 35.3 cm³/mol. The molecule has 1 aliphatic rings. The van der Waals surface area contributed by atoms with Gasteiger partial charge in [-0.05, 0) is 19.5 Å². The van der Waals surface area contributed by atoms with Gasteiger partial charge < -0.3 is 4.90 Å². The zero-order valence-electron chi connectivity index (χ0n) is 5.39. The van der Waals surface area contributed by atoms with Crippen molar-refractivity contribution in [2.24, 2.45) is 0 Å². The third-order valence-electron chi connectivity index (χ3n) is 1.43. The molecule has 0 aromatic carbocycles. The van der Waals surface area contributed by atoms with Gasteiger partial charge in [-0.2, -0.15) is 0 Å². The topological polar surface area (TPSA) is 3.24 Å². The highest BCUT2D eigenvalue weighted by atomic mass is 15.1. The fraction of sp³-hybridized carbons (Fsp3) is 0.429. The van der Waals surface area contributed by atoms with Crippen molar-refractivity contribution in [2.75, 3.05) is 7.05 Å². The summed E-state index contributed by atoms with van der Waals surface area (Å²) in [5.41, 5.74) is 1.34. The largest absolute Gasteiger partial charge is 0.355 e. The van der Waals surface area contributed by atoms with Gasteiger partial charge in [0, 0.05) is 12.7 Å². The van der Waals surface area contributed by atoms with Crippen LogP contribution in [0.3, 0.4) is 0 Å². The molecule has 0 saturated heterocycles.